The van der Waals surface area contributed by atoms with Gasteiger partial charge in [0.2, 0.25) is 5.91 Å². The Hall–Kier alpha value is -3.49. The van der Waals surface area contributed by atoms with Gasteiger partial charge in [-0.2, -0.15) is 0 Å². The number of carbonyl (C=O) groups excluding carboxylic acids is 2. The van der Waals surface area contributed by atoms with Crippen molar-refractivity contribution in [2.45, 2.75) is 43.7 Å². The van der Waals surface area contributed by atoms with Crippen molar-refractivity contribution in [2.24, 2.45) is 0 Å². The zero-order chi connectivity index (χ0) is 23.5. The lowest BCUT2D eigenvalue weighted by Crippen LogP contribution is -2.47. The highest BCUT2D eigenvalue weighted by Crippen LogP contribution is 2.44. The third kappa shape index (κ3) is 4.67. The Morgan fingerprint density at radius 1 is 1.06 bits per heavy atom. The van der Waals surface area contributed by atoms with Crippen LogP contribution in [0.1, 0.15) is 36.3 Å². The van der Waals surface area contributed by atoms with Crippen LogP contribution in [0.2, 0.25) is 0 Å². The standard InChI is InChI=1S/C24H24F2N2O5/c25-22(26)19(12-21(29)28-11-5-10-20(28)23(30)31)27-24(32)33-13-18-16-8-3-1-6-14(16)15-7-2-4-9-17(15)18/h1-4,6-9,18-20,22H,5,10-13H2,(H,27,32)(H,30,31). The molecule has 2 aromatic carbocycles. The van der Waals surface area contributed by atoms with Gasteiger partial charge >= 0.3 is 12.1 Å². The molecular weight excluding hydrogens is 434 g/mol. The van der Waals surface area contributed by atoms with Gasteiger partial charge in [0.1, 0.15) is 18.7 Å². The van der Waals surface area contributed by atoms with Crippen LogP contribution in [-0.2, 0) is 14.3 Å². The van der Waals surface area contributed by atoms with Crippen molar-refractivity contribution < 1.29 is 33.0 Å². The average molecular weight is 458 g/mol. The van der Waals surface area contributed by atoms with Gasteiger partial charge in [-0.15, -0.1) is 0 Å². The fraction of sp³-hybridized carbons (Fsp3) is 0.375. The van der Waals surface area contributed by atoms with Crippen molar-refractivity contribution in [1.29, 1.82) is 0 Å². The number of carbonyl (C=O) groups is 3. The van der Waals surface area contributed by atoms with Crippen LogP contribution in [0.25, 0.3) is 11.1 Å². The third-order valence-electron chi connectivity index (χ3n) is 6.20. The molecule has 2 atom stereocenters. The summed E-state index contributed by atoms with van der Waals surface area (Å²) in [6.45, 7) is 0.147. The predicted octanol–water partition coefficient (Wildman–Crippen LogP) is 3.62. The maximum absolute atomic E-state index is 13.5. The normalized spacial score (nSPS) is 18.0. The number of alkyl carbamates (subject to hydrolysis) is 1. The summed E-state index contributed by atoms with van der Waals surface area (Å²) in [7, 11) is 0. The summed E-state index contributed by atoms with van der Waals surface area (Å²) in [5.74, 6) is -2.13. The van der Waals surface area contributed by atoms with E-state index in [4.69, 9.17) is 4.74 Å². The molecule has 4 rings (SSSR count). The zero-order valence-electron chi connectivity index (χ0n) is 17.7. The lowest BCUT2D eigenvalue weighted by atomic mass is 9.98. The first-order chi connectivity index (χ1) is 15.9. The van der Waals surface area contributed by atoms with Crippen molar-refractivity contribution in [1.82, 2.24) is 10.2 Å². The summed E-state index contributed by atoms with van der Waals surface area (Å²) in [4.78, 5) is 37.1. The largest absolute Gasteiger partial charge is 0.480 e. The molecule has 1 aliphatic heterocycles. The number of fused-ring (bicyclic) bond motifs is 3. The maximum Gasteiger partial charge on any atom is 0.407 e. The van der Waals surface area contributed by atoms with Crippen LogP contribution in [0, 0.1) is 0 Å². The van der Waals surface area contributed by atoms with Gasteiger partial charge in [-0.05, 0) is 35.1 Å². The number of alkyl halides is 2. The van der Waals surface area contributed by atoms with Crippen LogP contribution in [0.4, 0.5) is 13.6 Å². The van der Waals surface area contributed by atoms with E-state index >= 15 is 0 Å². The van der Waals surface area contributed by atoms with E-state index in [0.29, 0.717) is 6.42 Å². The molecule has 1 heterocycles. The Morgan fingerprint density at radius 2 is 1.67 bits per heavy atom. The van der Waals surface area contributed by atoms with Crippen molar-refractivity contribution in [2.75, 3.05) is 13.2 Å². The van der Waals surface area contributed by atoms with Gasteiger partial charge in [0.25, 0.3) is 6.43 Å². The number of nitrogens with one attached hydrogen (secondary N) is 1. The number of hydrogen-bond acceptors (Lipinski definition) is 4. The molecule has 0 radical (unpaired) electrons. The predicted molar refractivity (Wildman–Crippen MR) is 115 cm³/mol. The van der Waals surface area contributed by atoms with Crippen molar-refractivity contribution in [3.8, 4) is 11.1 Å². The van der Waals surface area contributed by atoms with E-state index in [9.17, 15) is 28.3 Å². The first-order valence-electron chi connectivity index (χ1n) is 10.8. The minimum absolute atomic E-state index is 0.0447. The number of aliphatic carboxylic acids is 1. The smallest absolute Gasteiger partial charge is 0.407 e. The highest BCUT2D eigenvalue weighted by atomic mass is 19.3. The minimum Gasteiger partial charge on any atom is -0.480 e. The maximum atomic E-state index is 13.5. The van der Waals surface area contributed by atoms with Gasteiger partial charge in [0.05, 0.1) is 6.42 Å². The molecule has 1 saturated heterocycles. The zero-order valence-corrected chi connectivity index (χ0v) is 17.7. The third-order valence-corrected chi connectivity index (χ3v) is 6.20. The SMILES string of the molecule is O=C(NC(CC(=O)N1CCCC1C(=O)O)C(F)F)OCC1c2ccccc2-c2ccccc21. The van der Waals surface area contributed by atoms with E-state index in [1.54, 1.807) is 0 Å². The first kappa shape index (κ1) is 22.7. The minimum atomic E-state index is -3.01. The number of amides is 2. The van der Waals surface area contributed by atoms with Gasteiger partial charge in [0.15, 0.2) is 0 Å². The summed E-state index contributed by atoms with van der Waals surface area (Å²) in [6.07, 6.45) is -4.00. The van der Waals surface area contributed by atoms with Gasteiger partial charge in [-0.25, -0.2) is 18.4 Å². The molecule has 174 valence electrons. The Kier molecular flexibility index (Phi) is 6.57. The summed E-state index contributed by atoms with van der Waals surface area (Å²) in [6, 6.07) is 12.7. The molecule has 1 aliphatic carbocycles. The molecule has 33 heavy (non-hydrogen) atoms. The second-order valence-electron chi connectivity index (χ2n) is 8.20. The molecule has 0 saturated carbocycles. The topological polar surface area (TPSA) is 95.9 Å². The van der Waals surface area contributed by atoms with Crippen molar-refractivity contribution >= 4 is 18.0 Å². The number of carboxylic acids is 1. The second-order valence-corrected chi connectivity index (χ2v) is 8.20. The second kappa shape index (κ2) is 9.56. The summed E-state index contributed by atoms with van der Waals surface area (Å²) in [5.41, 5.74) is 4.05. The summed E-state index contributed by atoms with van der Waals surface area (Å²) < 4.78 is 32.4. The number of nitrogens with zero attached hydrogens (tertiary/aromatic N) is 1. The van der Waals surface area contributed by atoms with Crippen LogP contribution < -0.4 is 5.32 Å². The van der Waals surface area contributed by atoms with E-state index < -0.39 is 42.9 Å². The van der Waals surface area contributed by atoms with Crippen LogP contribution in [0.5, 0.6) is 0 Å². The molecule has 2 unspecified atom stereocenters. The number of likely N-dealkylation sites (tertiary alicyclic amines) is 1. The molecule has 9 heteroatoms. The molecule has 0 spiro atoms. The van der Waals surface area contributed by atoms with Gasteiger partial charge in [0, 0.05) is 12.5 Å². The lowest BCUT2D eigenvalue weighted by molar-refractivity contribution is -0.148. The van der Waals surface area contributed by atoms with E-state index in [1.807, 2.05) is 48.5 Å². The molecule has 2 aromatic rings. The van der Waals surface area contributed by atoms with Gasteiger partial charge in [-0.1, -0.05) is 48.5 Å². The van der Waals surface area contributed by atoms with Crippen LogP contribution in [0.3, 0.4) is 0 Å². The molecule has 1 fully saturated rings. The van der Waals surface area contributed by atoms with Crippen LogP contribution in [0.15, 0.2) is 48.5 Å². The fourth-order valence-electron chi connectivity index (χ4n) is 4.62. The Morgan fingerprint density at radius 3 is 2.24 bits per heavy atom. The molecule has 0 bridgehead atoms. The van der Waals surface area contributed by atoms with Crippen LogP contribution in [-0.4, -0.2) is 59.6 Å². The van der Waals surface area contributed by atoms with Crippen molar-refractivity contribution in [3.63, 3.8) is 0 Å². The molecule has 2 amide bonds. The summed E-state index contributed by atoms with van der Waals surface area (Å²) >= 11 is 0. The number of halogens is 2. The number of hydrogen-bond donors (Lipinski definition) is 2. The van der Waals surface area contributed by atoms with E-state index in [1.165, 1.54) is 0 Å². The summed E-state index contributed by atoms with van der Waals surface area (Å²) in [5, 5.41) is 11.3. The highest BCUT2D eigenvalue weighted by molar-refractivity contribution is 5.85. The Labute approximate surface area is 189 Å². The lowest BCUT2D eigenvalue weighted by Gasteiger charge is -2.24. The molecule has 2 N–H and O–H groups in total. The van der Waals surface area contributed by atoms with E-state index in [2.05, 4.69) is 5.32 Å². The molecule has 7 nitrogen and oxygen atoms in total. The number of carboxylic acid groups (broad SMARTS) is 1. The highest BCUT2D eigenvalue weighted by Gasteiger charge is 2.37. The molecule has 2 aliphatic rings. The Balaban J connectivity index is 1.38. The van der Waals surface area contributed by atoms with E-state index in [-0.39, 0.29) is 25.5 Å². The average Bonchev–Trinajstić information content (AvgIpc) is 3.41. The Bertz CT molecular complexity index is 1020. The van der Waals surface area contributed by atoms with E-state index in [0.717, 1.165) is 27.2 Å². The first-order valence-corrected chi connectivity index (χ1v) is 10.8. The quantitative estimate of drug-likeness (QED) is 0.661. The van der Waals surface area contributed by atoms with Gasteiger partial charge < -0.3 is 20.1 Å². The fourth-order valence-corrected chi connectivity index (χ4v) is 4.62. The van der Waals surface area contributed by atoms with Gasteiger partial charge in [-0.3, -0.25) is 4.79 Å². The van der Waals surface area contributed by atoms with Crippen molar-refractivity contribution in [3.05, 3.63) is 59.7 Å². The monoisotopic (exact) mass is 458 g/mol. The molecular formula is C24H24F2N2O5. The number of ether oxygens (including phenoxy) is 1. The van der Waals surface area contributed by atoms with Crippen LogP contribution >= 0.6 is 0 Å². The number of benzene rings is 2. The molecule has 0 aromatic heterocycles. The number of rotatable bonds is 7.